The topological polar surface area (TPSA) is 84.3 Å². The highest BCUT2D eigenvalue weighted by Crippen LogP contribution is 1.95. The van der Waals surface area contributed by atoms with Crippen molar-refractivity contribution >= 4 is 5.91 Å². The van der Waals surface area contributed by atoms with Gasteiger partial charge in [0.1, 0.15) is 5.69 Å². The van der Waals surface area contributed by atoms with E-state index in [1.165, 1.54) is 19.5 Å². The molecular weight excluding hydrogens is 222 g/mol. The van der Waals surface area contributed by atoms with Crippen molar-refractivity contribution in [3.05, 3.63) is 23.8 Å². The lowest BCUT2D eigenvalue weighted by Crippen LogP contribution is -2.29. The standard InChI is InChI=1S/C11H17N3O3/c1-8-5-14-10(6-13-8)11(16)12-4-3-9(15)7-17-2/h5-6,9,15H,3-4,7H2,1-2H3,(H,12,16). The summed E-state index contributed by atoms with van der Waals surface area (Å²) in [7, 11) is 1.52. The first-order chi connectivity index (χ1) is 8.13. The number of carbonyl (C=O) groups excluding carboxylic acids is 1. The molecule has 0 saturated carbocycles. The van der Waals surface area contributed by atoms with Gasteiger partial charge in [-0.2, -0.15) is 0 Å². The monoisotopic (exact) mass is 239 g/mol. The van der Waals surface area contributed by atoms with Crippen LogP contribution in [-0.4, -0.2) is 47.3 Å². The van der Waals surface area contributed by atoms with Crippen LogP contribution >= 0.6 is 0 Å². The van der Waals surface area contributed by atoms with Gasteiger partial charge in [0.05, 0.1) is 24.6 Å². The van der Waals surface area contributed by atoms with Gasteiger partial charge in [-0.05, 0) is 13.3 Å². The molecule has 1 atom stereocenters. The van der Waals surface area contributed by atoms with Gasteiger partial charge in [-0.25, -0.2) is 4.98 Å². The summed E-state index contributed by atoms with van der Waals surface area (Å²) >= 11 is 0. The fourth-order valence-electron chi connectivity index (χ4n) is 1.23. The molecule has 6 nitrogen and oxygen atoms in total. The Morgan fingerprint density at radius 2 is 2.29 bits per heavy atom. The van der Waals surface area contributed by atoms with Gasteiger partial charge in [-0.15, -0.1) is 0 Å². The fourth-order valence-corrected chi connectivity index (χ4v) is 1.23. The van der Waals surface area contributed by atoms with Crippen molar-refractivity contribution < 1.29 is 14.6 Å². The number of aliphatic hydroxyl groups is 1. The highest BCUT2D eigenvalue weighted by molar-refractivity contribution is 5.91. The van der Waals surface area contributed by atoms with E-state index >= 15 is 0 Å². The van der Waals surface area contributed by atoms with E-state index in [9.17, 15) is 9.90 Å². The van der Waals surface area contributed by atoms with Crippen molar-refractivity contribution in [2.45, 2.75) is 19.4 Å². The number of carbonyl (C=O) groups is 1. The first-order valence-electron chi connectivity index (χ1n) is 5.37. The molecule has 1 amide bonds. The lowest BCUT2D eigenvalue weighted by molar-refractivity contribution is 0.0587. The van der Waals surface area contributed by atoms with Gasteiger partial charge in [0.2, 0.25) is 0 Å². The molecule has 1 heterocycles. The van der Waals surface area contributed by atoms with E-state index in [0.717, 1.165) is 5.69 Å². The highest BCUT2D eigenvalue weighted by atomic mass is 16.5. The summed E-state index contributed by atoms with van der Waals surface area (Å²) in [6, 6.07) is 0. The molecule has 0 bridgehead atoms. The molecule has 0 aliphatic carbocycles. The Kier molecular flexibility index (Phi) is 5.51. The summed E-state index contributed by atoms with van der Waals surface area (Å²) in [6.45, 7) is 2.44. The number of nitrogens with one attached hydrogen (secondary N) is 1. The van der Waals surface area contributed by atoms with Crippen LogP contribution in [0.15, 0.2) is 12.4 Å². The number of amides is 1. The molecule has 17 heavy (non-hydrogen) atoms. The van der Waals surface area contributed by atoms with Crippen LogP contribution in [0, 0.1) is 6.92 Å². The number of methoxy groups -OCH3 is 1. The Labute approximate surface area is 100 Å². The van der Waals surface area contributed by atoms with Gasteiger partial charge in [-0.3, -0.25) is 9.78 Å². The Morgan fingerprint density at radius 3 is 2.88 bits per heavy atom. The minimum Gasteiger partial charge on any atom is -0.391 e. The second-order valence-electron chi connectivity index (χ2n) is 3.70. The summed E-state index contributed by atoms with van der Waals surface area (Å²) in [4.78, 5) is 19.5. The molecule has 1 aromatic heterocycles. The van der Waals surface area contributed by atoms with E-state index in [2.05, 4.69) is 15.3 Å². The molecule has 0 fully saturated rings. The van der Waals surface area contributed by atoms with Crippen LogP contribution in [-0.2, 0) is 4.74 Å². The number of ether oxygens (including phenoxy) is 1. The normalized spacial score (nSPS) is 12.2. The van der Waals surface area contributed by atoms with Crippen LogP contribution in [0.25, 0.3) is 0 Å². The molecule has 6 heteroatoms. The van der Waals surface area contributed by atoms with Crippen molar-refractivity contribution in [1.82, 2.24) is 15.3 Å². The predicted molar refractivity (Wildman–Crippen MR) is 61.6 cm³/mol. The molecule has 1 unspecified atom stereocenters. The van der Waals surface area contributed by atoms with E-state index in [1.807, 2.05) is 0 Å². The molecule has 0 spiro atoms. The summed E-state index contributed by atoms with van der Waals surface area (Å²) < 4.78 is 4.77. The lowest BCUT2D eigenvalue weighted by Gasteiger charge is -2.09. The third-order valence-electron chi connectivity index (χ3n) is 2.14. The minimum atomic E-state index is -0.565. The largest absolute Gasteiger partial charge is 0.391 e. The predicted octanol–water partition coefficient (Wildman–Crippen LogP) is -0.0878. The van der Waals surface area contributed by atoms with Gasteiger partial charge < -0.3 is 15.2 Å². The van der Waals surface area contributed by atoms with Gasteiger partial charge in [0.15, 0.2) is 0 Å². The van der Waals surface area contributed by atoms with Crippen LogP contribution in [0.1, 0.15) is 22.6 Å². The van der Waals surface area contributed by atoms with E-state index in [1.54, 1.807) is 6.92 Å². The van der Waals surface area contributed by atoms with Crippen molar-refractivity contribution in [1.29, 1.82) is 0 Å². The molecule has 0 aliphatic heterocycles. The number of aryl methyl sites for hydroxylation is 1. The third kappa shape index (κ3) is 4.88. The van der Waals surface area contributed by atoms with Gasteiger partial charge in [0.25, 0.3) is 5.91 Å². The van der Waals surface area contributed by atoms with Crippen LogP contribution in [0.5, 0.6) is 0 Å². The molecule has 94 valence electrons. The van der Waals surface area contributed by atoms with E-state index < -0.39 is 6.10 Å². The van der Waals surface area contributed by atoms with E-state index in [0.29, 0.717) is 13.0 Å². The number of rotatable bonds is 6. The summed E-state index contributed by atoms with van der Waals surface area (Å²) in [6.07, 6.45) is 2.84. The van der Waals surface area contributed by atoms with Crippen LogP contribution < -0.4 is 5.32 Å². The van der Waals surface area contributed by atoms with Gasteiger partial charge >= 0.3 is 0 Å². The van der Waals surface area contributed by atoms with E-state index in [4.69, 9.17) is 4.74 Å². The van der Waals surface area contributed by atoms with Gasteiger partial charge in [0, 0.05) is 19.9 Å². The summed E-state index contributed by atoms with van der Waals surface area (Å²) in [5.41, 5.74) is 1.04. The maximum absolute atomic E-state index is 11.6. The first kappa shape index (κ1) is 13.5. The average Bonchev–Trinajstić information content (AvgIpc) is 2.30. The number of hydrogen-bond donors (Lipinski definition) is 2. The maximum atomic E-state index is 11.6. The zero-order chi connectivity index (χ0) is 12.7. The number of aromatic nitrogens is 2. The number of hydrogen-bond acceptors (Lipinski definition) is 5. The van der Waals surface area contributed by atoms with Crippen LogP contribution in [0.2, 0.25) is 0 Å². The van der Waals surface area contributed by atoms with Crippen LogP contribution in [0.3, 0.4) is 0 Å². The molecule has 2 N–H and O–H groups in total. The highest BCUT2D eigenvalue weighted by Gasteiger charge is 2.08. The molecule has 1 rings (SSSR count). The first-order valence-corrected chi connectivity index (χ1v) is 5.37. The zero-order valence-corrected chi connectivity index (χ0v) is 10.0. The quantitative estimate of drug-likeness (QED) is 0.725. The van der Waals surface area contributed by atoms with Gasteiger partial charge in [-0.1, -0.05) is 0 Å². The fraction of sp³-hybridized carbons (Fsp3) is 0.545. The zero-order valence-electron chi connectivity index (χ0n) is 10.0. The van der Waals surface area contributed by atoms with Crippen molar-refractivity contribution in [2.24, 2.45) is 0 Å². The van der Waals surface area contributed by atoms with Crippen LogP contribution in [0.4, 0.5) is 0 Å². The number of nitrogens with zero attached hydrogens (tertiary/aromatic N) is 2. The molecule has 0 saturated heterocycles. The second kappa shape index (κ2) is 6.93. The Balaban J connectivity index is 2.32. The average molecular weight is 239 g/mol. The Morgan fingerprint density at radius 1 is 1.53 bits per heavy atom. The number of aliphatic hydroxyl groups excluding tert-OH is 1. The molecule has 1 aromatic rings. The Bertz CT molecular complexity index is 353. The van der Waals surface area contributed by atoms with Crippen molar-refractivity contribution in [2.75, 3.05) is 20.3 Å². The summed E-state index contributed by atoms with van der Waals surface area (Å²) in [5, 5.41) is 12.0. The lowest BCUT2D eigenvalue weighted by atomic mass is 10.2. The smallest absolute Gasteiger partial charge is 0.271 e. The molecule has 0 aromatic carbocycles. The minimum absolute atomic E-state index is 0.264. The third-order valence-corrected chi connectivity index (χ3v) is 2.14. The molecular formula is C11H17N3O3. The Hall–Kier alpha value is -1.53. The van der Waals surface area contributed by atoms with Crippen molar-refractivity contribution in [3.63, 3.8) is 0 Å². The summed E-state index contributed by atoms with van der Waals surface area (Å²) in [5.74, 6) is -0.290. The SMILES string of the molecule is COCC(O)CCNC(=O)c1cnc(C)cn1. The van der Waals surface area contributed by atoms with Crippen molar-refractivity contribution in [3.8, 4) is 0 Å². The second-order valence-corrected chi connectivity index (χ2v) is 3.70. The molecule has 0 radical (unpaired) electrons. The van der Waals surface area contributed by atoms with E-state index in [-0.39, 0.29) is 18.2 Å². The maximum Gasteiger partial charge on any atom is 0.271 e. The molecule has 0 aliphatic rings.